The van der Waals surface area contributed by atoms with Gasteiger partial charge in [0.05, 0.1) is 12.4 Å². The molecule has 0 spiro atoms. The first-order chi connectivity index (χ1) is 8.59. The van der Waals surface area contributed by atoms with Gasteiger partial charge in [-0.05, 0) is 31.9 Å². The minimum atomic E-state index is -4.96. The second kappa shape index (κ2) is 5.24. The number of halogens is 3. The average Bonchev–Trinajstić information content (AvgIpc) is 2.63. The van der Waals surface area contributed by atoms with E-state index in [1.807, 2.05) is 0 Å². The van der Waals surface area contributed by atoms with Crippen molar-refractivity contribution >= 4 is 5.91 Å². The molecule has 1 rings (SSSR count). The molecule has 0 saturated carbocycles. The molecule has 0 saturated heterocycles. The lowest BCUT2D eigenvalue weighted by molar-refractivity contribution is -0.175. The van der Waals surface area contributed by atoms with E-state index in [4.69, 9.17) is 10.5 Å². The van der Waals surface area contributed by atoms with E-state index in [2.05, 4.69) is 0 Å². The molecular formula is C12H17F3N2O2. The molecule has 0 radical (unpaired) electrons. The van der Waals surface area contributed by atoms with E-state index in [0.717, 1.165) is 5.57 Å². The van der Waals surface area contributed by atoms with Gasteiger partial charge in [-0.25, -0.2) is 0 Å². The average molecular weight is 278 g/mol. The Balaban J connectivity index is 2.98. The van der Waals surface area contributed by atoms with E-state index >= 15 is 0 Å². The van der Waals surface area contributed by atoms with Crippen molar-refractivity contribution < 1.29 is 22.7 Å². The summed E-state index contributed by atoms with van der Waals surface area (Å²) in [6.45, 7) is 5.15. The van der Waals surface area contributed by atoms with Gasteiger partial charge in [0.15, 0.2) is 0 Å². The van der Waals surface area contributed by atoms with E-state index < -0.39 is 17.7 Å². The second-order valence-corrected chi connectivity index (χ2v) is 4.49. The zero-order valence-electron chi connectivity index (χ0n) is 11.0. The number of nitrogens with two attached hydrogens (primary N) is 1. The summed E-state index contributed by atoms with van der Waals surface area (Å²) >= 11 is 0. The zero-order chi connectivity index (χ0) is 14.8. The number of hydrogen-bond donors (Lipinski definition) is 2. The van der Waals surface area contributed by atoms with Crippen molar-refractivity contribution in [1.82, 2.24) is 5.32 Å². The highest BCUT2D eigenvalue weighted by atomic mass is 19.4. The van der Waals surface area contributed by atoms with Crippen LogP contribution in [-0.4, -0.2) is 24.4 Å². The Bertz CT molecular complexity index is 437. The first-order valence-electron chi connectivity index (χ1n) is 5.77. The monoisotopic (exact) mass is 278 g/mol. The van der Waals surface area contributed by atoms with Crippen LogP contribution < -0.4 is 11.1 Å². The summed E-state index contributed by atoms with van der Waals surface area (Å²) in [5.41, 5.74) is 5.38. The van der Waals surface area contributed by atoms with E-state index in [1.54, 1.807) is 25.2 Å². The minimum absolute atomic E-state index is 0.431. The highest BCUT2D eigenvalue weighted by Crippen LogP contribution is 2.31. The lowest BCUT2D eigenvalue weighted by Gasteiger charge is -2.30. The third-order valence-electron chi connectivity index (χ3n) is 2.90. The molecule has 108 valence electrons. The molecule has 0 aromatic heterocycles. The van der Waals surface area contributed by atoms with Gasteiger partial charge in [-0.3, -0.25) is 4.79 Å². The molecule has 4 nitrogen and oxygen atoms in total. The standard InChI is InChI=1S/C12H17F3N2O2/c1-4-9(8-5-6-19-7(8)2)11(3,16)17-10(18)12(13,14)15/h4H,5-6,16H2,1-3H3,(H,17,18)/b9-4+/t11-/m1/s1. The summed E-state index contributed by atoms with van der Waals surface area (Å²) in [7, 11) is 0. The molecule has 0 aromatic rings. The van der Waals surface area contributed by atoms with Gasteiger partial charge in [-0.1, -0.05) is 6.08 Å². The van der Waals surface area contributed by atoms with Crippen molar-refractivity contribution in [3.8, 4) is 0 Å². The Kier molecular flexibility index (Phi) is 4.29. The van der Waals surface area contributed by atoms with Crippen LogP contribution in [0.15, 0.2) is 23.0 Å². The fourth-order valence-electron chi connectivity index (χ4n) is 2.06. The van der Waals surface area contributed by atoms with E-state index in [0.29, 0.717) is 24.4 Å². The summed E-state index contributed by atoms with van der Waals surface area (Å²) in [6, 6.07) is 0. The summed E-state index contributed by atoms with van der Waals surface area (Å²) in [4.78, 5) is 11.0. The number of amides is 1. The molecule has 1 atom stereocenters. The van der Waals surface area contributed by atoms with Gasteiger partial charge in [0, 0.05) is 6.42 Å². The molecular weight excluding hydrogens is 261 g/mol. The topological polar surface area (TPSA) is 64.3 Å². The molecule has 19 heavy (non-hydrogen) atoms. The highest BCUT2D eigenvalue weighted by molar-refractivity contribution is 5.83. The SMILES string of the molecule is C/C=C(\C1=C(C)OCC1)[C@](C)(N)NC(=O)C(F)(F)F. The molecule has 0 aliphatic carbocycles. The van der Waals surface area contributed by atoms with Crippen molar-refractivity contribution in [1.29, 1.82) is 0 Å². The van der Waals surface area contributed by atoms with Crippen LogP contribution in [0.4, 0.5) is 13.2 Å². The van der Waals surface area contributed by atoms with Crippen LogP contribution >= 0.6 is 0 Å². The quantitative estimate of drug-likeness (QED) is 0.776. The van der Waals surface area contributed by atoms with Crippen LogP contribution in [0.1, 0.15) is 27.2 Å². The maximum Gasteiger partial charge on any atom is 0.471 e. The molecule has 0 bridgehead atoms. The van der Waals surface area contributed by atoms with Gasteiger partial charge >= 0.3 is 12.1 Å². The van der Waals surface area contributed by atoms with Gasteiger partial charge in [-0.2, -0.15) is 13.2 Å². The number of carbonyl (C=O) groups is 1. The van der Waals surface area contributed by atoms with Gasteiger partial charge in [-0.15, -0.1) is 0 Å². The summed E-state index contributed by atoms with van der Waals surface area (Å²) in [5, 5.41) is 1.80. The second-order valence-electron chi connectivity index (χ2n) is 4.49. The number of rotatable bonds is 3. The fraction of sp³-hybridized carbons (Fsp3) is 0.583. The van der Waals surface area contributed by atoms with E-state index in [1.165, 1.54) is 6.92 Å². The van der Waals surface area contributed by atoms with Gasteiger partial charge < -0.3 is 15.8 Å². The molecule has 0 unspecified atom stereocenters. The predicted octanol–water partition coefficient (Wildman–Crippen LogP) is 1.98. The first-order valence-corrected chi connectivity index (χ1v) is 5.77. The third kappa shape index (κ3) is 3.50. The normalized spacial score (nSPS) is 20.1. The van der Waals surface area contributed by atoms with Crippen LogP contribution in [-0.2, 0) is 9.53 Å². The molecule has 3 N–H and O–H groups in total. The van der Waals surface area contributed by atoms with Crippen LogP contribution in [0, 0.1) is 0 Å². The van der Waals surface area contributed by atoms with Gasteiger partial charge in [0.25, 0.3) is 0 Å². The van der Waals surface area contributed by atoms with Crippen LogP contribution in [0.5, 0.6) is 0 Å². The van der Waals surface area contributed by atoms with Crippen molar-refractivity contribution in [3.05, 3.63) is 23.0 Å². The lowest BCUT2D eigenvalue weighted by atomic mass is 9.92. The number of carbonyl (C=O) groups excluding carboxylic acids is 1. The van der Waals surface area contributed by atoms with Crippen molar-refractivity contribution in [2.45, 2.75) is 39.0 Å². The molecule has 0 aromatic carbocycles. The molecule has 7 heteroatoms. The highest BCUT2D eigenvalue weighted by Gasteiger charge is 2.43. The van der Waals surface area contributed by atoms with E-state index in [-0.39, 0.29) is 0 Å². The van der Waals surface area contributed by atoms with Gasteiger partial charge in [0.2, 0.25) is 0 Å². The first kappa shape index (κ1) is 15.6. The third-order valence-corrected chi connectivity index (χ3v) is 2.90. The fourth-order valence-corrected chi connectivity index (χ4v) is 2.06. The van der Waals surface area contributed by atoms with Crippen LogP contribution in [0.3, 0.4) is 0 Å². The van der Waals surface area contributed by atoms with Crippen molar-refractivity contribution in [2.24, 2.45) is 5.73 Å². The summed E-state index contributed by atoms with van der Waals surface area (Å²) < 4.78 is 42.1. The lowest BCUT2D eigenvalue weighted by Crippen LogP contribution is -2.58. The Morgan fingerprint density at radius 1 is 1.47 bits per heavy atom. The molecule has 0 fully saturated rings. The minimum Gasteiger partial charge on any atom is -0.498 e. The van der Waals surface area contributed by atoms with Crippen LogP contribution in [0.25, 0.3) is 0 Å². The number of alkyl halides is 3. The number of allylic oxidation sites excluding steroid dienone is 2. The largest absolute Gasteiger partial charge is 0.498 e. The number of ether oxygens (including phenoxy) is 1. The Hall–Kier alpha value is -1.50. The summed E-state index contributed by atoms with van der Waals surface area (Å²) in [6.07, 6.45) is -2.82. The number of nitrogens with one attached hydrogen (secondary N) is 1. The predicted molar refractivity (Wildman–Crippen MR) is 63.8 cm³/mol. The Labute approximate surface area is 109 Å². The zero-order valence-corrected chi connectivity index (χ0v) is 11.0. The molecule has 1 amide bonds. The molecule has 1 aliphatic rings. The Morgan fingerprint density at radius 3 is 2.42 bits per heavy atom. The smallest absolute Gasteiger partial charge is 0.471 e. The van der Waals surface area contributed by atoms with E-state index in [9.17, 15) is 18.0 Å². The van der Waals surface area contributed by atoms with Crippen LogP contribution in [0.2, 0.25) is 0 Å². The molecule has 1 aliphatic heterocycles. The Morgan fingerprint density at radius 2 is 2.05 bits per heavy atom. The maximum absolute atomic E-state index is 12.3. The molecule has 1 heterocycles. The summed E-state index contributed by atoms with van der Waals surface area (Å²) in [5.74, 6) is -1.44. The van der Waals surface area contributed by atoms with Crippen molar-refractivity contribution in [3.63, 3.8) is 0 Å². The maximum atomic E-state index is 12.3. The van der Waals surface area contributed by atoms with Crippen molar-refractivity contribution in [2.75, 3.05) is 6.61 Å². The van der Waals surface area contributed by atoms with Gasteiger partial charge in [0.1, 0.15) is 5.66 Å². The number of hydrogen-bond acceptors (Lipinski definition) is 3.